The Morgan fingerprint density at radius 3 is 3.00 bits per heavy atom. The maximum absolute atomic E-state index is 6.15. The largest absolute Gasteiger partial charge is 0.497 e. The molecular formula is C16H21ClN2OS. The number of ether oxygens (including phenoxy) is 1. The minimum atomic E-state index is 0.456. The highest BCUT2D eigenvalue weighted by Gasteiger charge is 2.26. The molecule has 0 saturated heterocycles. The minimum Gasteiger partial charge on any atom is -0.497 e. The Hall–Kier alpha value is -0.870. The minimum absolute atomic E-state index is 0.456. The summed E-state index contributed by atoms with van der Waals surface area (Å²) in [4.78, 5) is 4.70. The molecule has 0 spiro atoms. The number of rotatable bonds is 4. The van der Waals surface area contributed by atoms with E-state index in [1.54, 1.807) is 7.11 Å². The molecule has 0 bridgehead atoms. The van der Waals surface area contributed by atoms with Crippen molar-refractivity contribution < 1.29 is 4.74 Å². The third-order valence-corrected chi connectivity index (χ3v) is 5.72. The Labute approximate surface area is 135 Å². The van der Waals surface area contributed by atoms with Gasteiger partial charge in [-0.15, -0.1) is 11.6 Å². The molecule has 2 atom stereocenters. The van der Waals surface area contributed by atoms with Crippen molar-refractivity contribution in [1.29, 1.82) is 0 Å². The van der Waals surface area contributed by atoms with Gasteiger partial charge in [0.1, 0.15) is 11.6 Å². The van der Waals surface area contributed by atoms with E-state index in [1.165, 1.54) is 25.7 Å². The lowest BCUT2D eigenvalue weighted by atomic mass is 9.94. The van der Waals surface area contributed by atoms with Crippen LogP contribution in [0.2, 0.25) is 0 Å². The number of fused-ring (bicyclic) bond motifs is 1. The normalized spacial score (nSPS) is 22.6. The topological polar surface area (TPSA) is 27.1 Å². The number of thioether (sulfide) groups is 1. The van der Waals surface area contributed by atoms with Crippen LogP contribution in [0.5, 0.6) is 5.75 Å². The Morgan fingerprint density at radius 2 is 2.29 bits per heavy atom. The van der Waals surface area contributed by atoms with Crippen molar-refractivity contribution in [1.82, 2.24) is 9.55 Å². The maximum atomic E-state index is 6.15. The van der Waals surface area contributed by atoms with Crippen molar-refractivity contribution in [3.05, 3.63) is 24.0 Å². The summed E-state index contributed by atoms with van der Waals surface area (Å²) in [5.74, 6) is 2.31. The second-order valence-electron chi connectivity index (χ2n) is 5.56. The summed E-state index contributed by atoms with van der Waals surface area (Å²) in [6.45, 7) is 0. The molecule has 1 aromatic carbocycles. The molecule has 2 unspecified atom stereocenters. The molecule has 2 aromatic rings. The highest BCUT2D eigenvalue weighted by molar-refractivity contribution is 7.99. The van der Waals surface area contributed by atoms with Gasteiger partial charge in [-0.25, -0.2) is 4.98 Å². The quantitative estimate of drug-likeness (QED) is 0.767. The van der Waals surface area contributed by atoms with Crippen molar-refractivity contribution in [3.8, 4) is 5.75 Å². The lowest BCUT2D eigenvalue weighted by Crippen LogP contribution is -2.21. The van der Waals surface area contributed by atoms with Gasteiger partial charge in [0.2, 0.25) is 0 Å². The van der Waals surface area contributed by atoms with Gasteiger partial charge in [0.25, 0.3) is 0 Å². The molecular weight excluding hydrogens is 304 g/mol. The van der Waals surface area contributed by atoms with Crippen molar-refractivity contribution in [2.75, 3.05) is 13.4 Å². The standard InChI is InChI=1S/C16H21ClN2OS/c1-20-12-6-7-14-15(9-12)19(16(10-17)18-14)11-4-3-5-13(8-11)21-2/h6-7,9,11,13H,3-5,8,10H2,1-2H3. The first kappa shape index (κ1) is 15.0. The van der Waals surface area contributed by atoms with E-state index >= 15 is 0 Å². The molecule has 21 heavy (non-hydrogen) atoms. The van der Waals surface area contributed by atoms with Gasteiger partial charge >= 0.3 is 0 Å². The molecule has 1 fully saturated rings. The van der Waals surface area contributed by atoms with Gasteiger partial charge in [-0.2, -0.15) is 11.8 Å². The van der Waals surface area contributed by atoms with Crippen molar-refractivity contribution >= 4 is 34.4 Å². The van der Waals surface area contributed by atoms with Crippen LogP contribution in [0.15, 0.2) is 18.2 Å². The van der Waals surface area contributed by atoms with E-state index in [0.29, 0.717) is 11.9 Å². The summed E-state index contributed by atoms with van der Waals surface area (Å²) < 4.78 is 7.73. The van der Waals surface area contributed by atoms with E-state index in [0.717, 1.165) is 27.9 Å². The summed E-state index contributed by atoms with van der Waals surface area (Å²) >= 11 is 8.13. The molecule has 3 rings (SSSR count). The van der Waals surface area contributed by atoms with E-state index < -0.39 is 0 Å². The van der Waals surface area contributed by atoms with Gasteiger partial charge in [0.05, 0.1) is 24.0 Å². The van der Waals surface area contributed by atoms with Gasteiger partial charge in [-0.05, 0) is 37.7 Å². The van der Waals surface area contributed by atoms with Crippen LogP contribution in [-0.4, -0.2) is 28.2 Å². The first-order valence-electron chi connectivity index (χ1n) is 7.40. The summed E-state index contributed by atoms with van der Waals surface area (Å²) in [7, 11) is 1.70. The molecule has 3 nitrogen and oxygen atoms in total. The molecule has 0 aliphatic heterocycles. The zero-order chi connectivity index (χ0) is 14.8. The molecule has 114 valence electrons. The molecule has 5 heteroatoms. The lowest BCUT2D eigenvalue weighted by Gasteiger charge is -2.30. The molecule has 1 aromatic heterocycles. The molecule has 0 N–H and O–H groups in total. The van der Waals surface area contributed by atoms with E-state index in [1.807, 2.05) is 23.9 Å². The van der Waals surface area contributed by atoms with Crippen LogP contribution >= 0.6 is 23.4 Å². The van der Waals surface area contributed by atoms with Crippen LogP contribution in [-0.2, 0) is 5.88 Å². The number of benzene rings is 1. The number of halogens is 1. The van der Waals surface area contributed by atoms with Crippen LogP contribution in [0, 0.1) is 0 Å². The SMILES string of the molecule is COc1ccc2nc(CCl)n(C3CCCC(SC)C3)c2c1. The molecule has 0 radical (unpaired) electrons. The van der Waals surface area contributed by atoms with E-state index in [9.17, 15) is 0 Å². The van der Waals surface area contributed by atoms with Gasteiger partial charge in [0, 0.05) is 17.4 Å². The van der Waals surface area contributed by atoms with E-state index in [4.69, 9.17) is 21.3 Å². The lowest BCUT2D eigenvalue weighted by molar-refractivity contribution is 0.361. The Bertz CT molecular complexity index is 628. The van der Waals surface area contributed by atoms with Crippen LogP contribution in [0.1, 0.15) is 37.5 Å². The van der Waals surface area contributed by atoms with Crippen molar-refractivity contribution in [3.63, 3.8) is 0 Å². The summed E-state index contributed by atoms with van der Waals surface area (Å²) in [5.41, 5.74) is 2.16. The second kappa shape index (κ2) is 6.49. The first-order valence-corrected chi connectivity index (χ1v) is 9.22. The average molecular weight is 325 g/mol. The zero-order valence-corrected chi connectivity index (χ0v) is 14.1. The number of aromatic nitrogens is 2. The average Bonchev–Trinajstić information content (AvgIpc) is 2.92. The fourth-order valence-electron chi connectivity index (χ4n) is 3.32. The van der Waals surface area contributed by atoms with E-state index in [-0.39, 0.29) is 0 Å². The van der Waals surface area contributed by atoms with Gasteiger partial charge in [-0.1, -0.05) is 6.42 Å². The first-order chi connectivity index (χ1) is 10.3. The fourth-order valence-corrected chi connectivity index (χ4v) is 4.33. The molecule has 1 aliphatic carbocycles. The Balaban J connectivity index is 2.06. The molecule has 1 aliphatic rings. The Morgan fingerprint density at radius 1 is 1.43 bits per heavy atom. The number of hydrogen-bond donors (Lipinski definition) is 0. The van der Waals surface area contributed by atoms with Gasteiger partial charge in [-0.3, -0.25) is 0 Å². The van der Waals surface area contributed by atoms with Crippen LogP contribution < -0.4 is 4.74 Å². The van der Waals surface area contributed by atoms with E-state index in [2.05, 4.69) is 16.9 Å². The number of methoxy groups -OCH3 is 1. The summed E-state index contributed by atoms with van der Waals surface area (Å²) in [6.07, 6.45) is 7.23. The predicted octanol–water partition coefficient (Wildman–Crippen LogP) is 4.63. The Kier molecular flexibility index (Phi) is 4.65. The van der Waals surface area contributed by atoms with Crippen LogP contribution in [0.25, 0.3) is 11.0 Å². The third-order valence-electron chi connectivity index (χ3n) is 4.39. The monoisotopic (exact) mass is 324 g/mol. The third kappa shape index (κ3) is 2.88. The number of imidazole rings is 1. The van der Waals surface area contributed by atoms with Crippen molar-refractivity contribution in [2.45, 2.75) is 42.9 Å². The van der Waals surface area contributed by atoms with Crippen LogP contribution in [0.3, 0.4) is 0 Å². The highest BCUT2D eigenvalue weighted by Crippen LogP contribution is 2.37. The summed E-state index contributed by atoms with van der Waals surface area (Å²) in [5, 5.41) is 0.745. The highest BCUT2D eigenvalue weighted by atomic mass is 35.5. The van der Waals surface area contributed by atoms with Crippen molar-refractivity contribution in [2.24, 2.45) is 0 Å². The predicted molar refractivity (Wildman–Crippen MR) is 90.7 cm³/mol. The number of hydrogen-bond acceptors (Lipinski definition) is 3. The van der Waals surface area contributed by atoms with Gasteiger partial charge < -0.3 is 9.30 Å². The zero-order valence-electron chi connectivity index (χ0n) is 12.5. The number of alkyl halides is 1. The second-order valence-corrected chi connectivity index (χ2v) is 6.97. The van der Waals surface area contributed by atoms with Crippen LogP contribution in [0.4, 0.5) is 0 Å². The molecule has 1 heterocycles. The molecule has 0 amide bonds. The van der Waals surface area contributed by atoms with Gasteiger partial charge in [0.15, 0.2) is 0 Å². The fraction of sp³-hybridized carbons (Fsp3) is 0.562. The summed E-state index contributed by atoms with van der Waals surface area (Å²) in [6, 6.07) is 6.57. The maximum Gasteiger partial charge on any atom is 0.125 e. The smallest absolute Gasteiger partial charge is 0.125 e. The number of nitrogens with zero attached hydrogens (tertiary/aromatic N) is 2. The molecule has 1 saturated carbocycles.